The molecule has 3 heteroatoms. The van der Waals surface area contributed by atoms with Crippen molar-refractivity contribution in [3.63, 3.8) is 0 Å². The minimum absolute atomic E-state index is 0.572. The molecule has 0 aromatic heterocycles. The van der Waals surface area contributed by atoms with Gasteiger partial charge < -0.3 is 5.11 Å². The number of halogens is 1. The third-order valence-electron chi connectivity index (χ3n) is 4.48. The molecule has 116 valence electrons. The molecule has 0 saturated heterocycles. The van der Waals surface area contributed by atoms with Gasteiger partial charge in [-0.2, -0.15) is 0 Å². The number of hydrogen-bond donors (Lipinski definition) is 1. The molecule has 1 nitrogen and oxygen atoms in total. The van der Waals surface area contributed by atoms with E-state index in [-0.39, 0.29) is 0 Å². The van der Waals surface area contributed by atoms with Crippen LogP contribution in [0.25, 0.3) is 0 Å². The van der Waals surface area contributed by atoms with Crippen molar-refractivity contribution in [2.75, 3.05) is 0 Å². The highest BCUT2D eigenvalue weighted by molar-refractivity contribution is 6.90. The van der Waals surface area contributed by atoms with Gasteiger partial charge in [-0.15, -0.1) is 5.54 Å². The van der Waals surface area contributed by atoms with Crippen LogP contribution >= 0.6 is 11.6 Å². The van der Waals surface area contributed by atoms with Crippen LogP contribution in [0.2, 0.25) is 21.6 Å². The zero-order chi connectivity index (χ0) is 16.2. The molecule has 0 saturated carbocycles. The molecule has 1 N–H and O–H groups in total. The van der Waals surface area contributed by atoms with Gasteiger partial charge in [0.25, 0.3) is 0 Å². The highest BCUT2D eigenvalue weighted by atomic mass is 35.5. The molecule has 0 aliphatic heterocycles. The van der Waals surface area contributed by atoms with Crippen LogP contribution in [0.3, 0.4) is 0 Å². The predicted molar refractivity (Wildman–Crippen MR) is 95.2 cm³/mol. The van der Waals surface area contributed by atoms with Gasteiger partial charge in [0.1, 0.15) is 14.2 Å². The summed E-state index contributed by atoms with van der Waals surface area (Å²) in [5, 5.41) is 11.0. The Labute approximate surface area is 135 Å². The van der Waals surface area contributed by atoms with E-state index in [0.29, 0.717) is 21.6 Å². The third kappa shape index (κ3) is 4.13. The molecule has 0 spiro atoms. The molecule has 0 fully saturated rings. The van der Waals surface area contributed by atoms with Gasteiger partial charge in [-0.3, -0.25) is 0 Å². The lowest BCUT2D eigenvalue weighted by Crippen LogP contribution is -2.43. The highest BCUT2D eigenvalue weighted by Gasteiger charge is 2.41. The number of hydrogen-bond acceptors (Lipinski definition) is 1. The summed E-state index contributed by atoms with van der Waals surface area (Å²) in [4.78, 5) is 0. The van der Waals surface area contributed by atoms with E-state index in [1.54, 1.807) is 12.1 Å². The Hall–Kier alpha value is -0.753. The van der Waals surface area contributed by atoms with Crippen molar-refractivity contribution in [3.05, 3.63) is 34.9 Å². The summed E-state index contributed by atoms with van der Waals surface area (Å²) in [6.07, 6.45) is -0.731. The van der Waals surface area contributed by atoms with Crippen LogP contribution in [0.4, 0.5) is 0 Å². The normalized spacial score (nSPS) is 13.5. The van der Waals surface area contributed by atoms with Gasteiger partial charge in [0, 0.05) is 5.02 Å². The second-order valence-electron chi connectivity index (χ2n) is 6.62. The first-order valence-corrected chi connectivity index (χ1v) is 10.3. The van der Waals surface area contributed by atoms with E-state index in [4.69, 9.17) is 11.6 Å². The molecule has 0 unspecified atom stereocenters. The molecule has 1 aromatic carbocycles. The quantitative estimate of drug-likeness (QED) is 0.565. The minimum atomic E-state index is -1.78. The second-order valence-corrected chi connectivity index (χ2v) is 12.6. The fraction of sp³-hybridized carbons (Fsp3) is 0.556. The van der Waals surface area contributed by atoms with Gasteiger partial charge in [-0.1, -0.05) is 71.2 Å². The van der Waals surface area contributed by atoms with Crippen molar-refractivity contribution in [2.45, 2.75) is 64.3 Å². The van der Waals surface area contributed by atoms with Crippen molar-refractivity contribution in [3.8, 4) is 11.5 Å². The molecule has 0 aliphatic carbocycles. The molecular weight excluding hydrogens is 296 g/mol. The molecule has 1 aromatic rings. The fourth-order valence-electron chi connectivity index (χ4n) is 3.35. The van der Waals surface area contributed by atoms with Gasteiger partial charge >= 0.3 is 0 Å². The standard InChI is InChI=1S/C18H27ClOSi/c1-13(2)21(14(3)4,15(5)6)12-11-18(20)16-7-9-17(19)10-8-16/h7-10,13-15,18,20H,1-6H3/t18-/m0/s1. The number of aliphatic hydroxyl groups is 1. The van der Waals surface area contributed by atoms with Gasteiger partial charge in [0.05, 0.1) is 0 Å². The summed E-state index contributed by atoms with van der Waals surface area (Å²) >= 11 is 5.88. The van der Waals surface area contributed by atoms with Crippen LogP contribution in [0.15, 0.2) is 24.3 Å². The Morgan fingerprint density at radius 2 is 1.33 bits per heavy atom. The van der Waals surface area contributed by atoms with Gasteiger partial charge in [-0.25, -0.2) is 0 Å². The zero-order valence-electron chi connectivity index (χ0n) is 13.9. The lowest BCUT2D eigenvalue weighted by molar-refractivity contribution is 0.238. The SMILES string of the molecule is CC(C)[Si](C#C[C@H](O)c1ccc(Cl)cc1)(C(C)C)C(C)C. The molecule has 21 heavy (non-hydrogen) atoms. The minimum Gasteiger partial charge on any atom is -0.376 e. The summed E-state index contributed by atoms with van der Waals surface area (Å²) in [7, 11) is -1.78. The van der Waals surface area contributed by atoms with Crippen LogP contribution in [0, 0.1) is 11.5 Å². The van der Waals surface area contributed by atoms with Crippen LogP contribution in [0.5, 0.6) is 0 Å². The lowest BCUT2D eigenvalue weighted by Gasteiger charge is -2.38. The van der Waals surface area contributed by atoms with Crippen LogP contribution in [-0.2, 0) is 0 Å². The Kier molecular flexibility index (Phi) is 6.53. The van der Waals surface area contributed by atoms with Crippen LogP contribution in [-0.4, -0.2) is 13.2 Å². The van der Waals surface area contributed by atoms with Crippen molar-refractivity contribution >= 4 is 19.7 Å². The maximum Gasteiger partial charge on any atom is 0.146 e. The Morgan fingerprint density at radius 1 is 0.905 bits per heavy atom. The van der Waals surface area contributed by atoms with Crippen molar-refractivity contribution in [1.82, 2.24) is 0 Å². The molecular formula is C18H27ClOSi. The first-order chi connectivity index (χ1) is 9.71. The summed E-state index contributed by atoms with van der Waals surface area (Å²) in [6, 6.07) is 7.26. The Morgan fingerprint density at radius 3 is 1.71 bits per heavy atom. The van der Waals surface area contributed by atoms with Crippen molar-refractivity contribution in [2.24, 2.45) is 0 Å². The number of benzene rings is 1. The van der Waals surface area contributed by atoms with Crippen molar-refractivity contribution < 1.29 is 5.11 Å². The molecule has 0 heterocycles. The number of rotatable bonds is 4. The molecule has 1 rings (SSSR count). The van der Waals surface area contributed by atoms with E-state index in [0.717, 1.165) is 5.56 Å². The summed E-state index contributed by atoms with van der Waals surface area (Å²) in [6.45, 7) is 13.6. The maximum absolute atomic E-state index is 10.3. The first kappa shape index (κ1) is 18.3. The van der Waals surface area contributed by atoms with Crippen molar-refractivity contribution in [1.29, 1.82) is 0 Å². The zero-order valence-corrected chi connectivity index (χ0v) is 15.7. The summed E-state index contributed by atoms with van der Waals surface area (Å²) in [5.41, 5.74) is 6.08. The van der Waals surface area contributed by atoms with Crippen LogP contribution in [0.1, 0.15) is 53.2 Å². The van der Waals surface area contributed by atoms with E-state index < -0.39 is 14.2 Å². The topological polar surface area (TPSA) is 20.2 Å². The smallest absolute Gasteiger partial charge is 0.146 e. The van der Waals surface area contributed by atoms with E-state index in [1.807, 2.05) is 12.1 Å². The van der Waals surface area contributed by atoms with Gasteiger partial charge in [-0.05, 0) is 34.3 Å². The van der Waals surface area contributed by atoms with E-state index >= 15 is 0 Å². The summed E-state index contributed by atoms with van der Waals surface area (Å²) < 4.78 is 0. The van der Waals surface area contributed by atoms with Gasteiger partial charge in [0.2, 0.25) is 0 Å². The summed E-state index contributed by atoms with van der Waals surface area (Å²) in [5.74, 6) is 3.13. The Balaban J connectivity index is 3.13. The Bertz CT molecular complexity index is 486. The van der Waals surface area contributed by atoms with E-state index in [1.165, 1.54) is 0 Å². The van der Waals surface area contributed by atoms with E-state index in [9.17, 15) is 5.11 Å². The first-order valence-electron chi connectivity index (χ1n) is 7.68. The molecule has 0 radical (unpaired) electrons. The maximum atomic E-state index is 10.3. The molecule has 0 aliphatic rings. The third-order valence-corrected chi connectivity index (χ3v) is 11.0. The van der Waals surface area contributed by atoms with E-state index in [2.05, 4.69) is 53.0 Å². The molecule has 0 bridgehead atoms. The molecule has 0 amide bonds. The fourth-order valence-corrected chi connectivity index (χ4v) is 8.73. The molecule has 1 atom stereocenters. The average molecular weight is 323 g/mol. The van der Waals surface area contributed by atoms with Crippen LogP contribution < -0.4 is 0 Å². The predicted octanol–water partition coefficient (Wildman–Crippen LogP) is 5.59. The largest absolute Gasteiger partial charge is 0.376 e. The lowest BCUT2D eigenvalue weighted by atomic mass is 10.1. The van der Waals surface area contributed by atoms with Gasteiger partial charge in [0.15, 0.2) is 0 Å². The average Bonchev–Trinajstić information content (AvgIpc) is 2.38. The second kappa shape index (κ2) is 7.49. The monoisotopic (exact) mass is 322 g/mol. The number of aliphatic hydroxyl groups excluding tert-OH is 1. The highest BCUT2D eigenvalue weighted by Crippen LogP contribution is 2.40.